The molecule has 0 radical (unpaired) electrons. The van der Waals surface area contributed by atoms with Crippen molar-refractivity contribution in [3.8, 4) is 0 Å². The van der Waals surface area contributed by atoms with Gasteiger partial charge in [0.15, 0.2) is 16.5 Å². The first-order chi connectivity index (χ1) is 52.8. The zero-order valence-corrected chi connectivity index (χ0v) is 64.9. The molecule has 36 heteroatoms. The highest BCUT2D eigenvalue weighted by atomic mass is 32.2. The maximum Gasteiger partial charge on any atom is 0.303 e. The molecule has 0 saturated heterocycles. The molecule has 2 aliphatic heterocycles. The Morgan fingerprint density at radius 1 is 0.607 bits per heavy atom. The topological polar surface area (TPSA) is 539 Å². The average molecular weight is 1600 g/mol. The first-order valence-electron chi connectivity index (χ1n) is 36.3. The molecule has 3 aromatic rings. The van der Waals surface area contributed by atoms with Crippen LogP contribution in [0.3, 0.4) is 0 Å². The predicted octanol–water partition coefficient (Wildman–Crippen LogP) is 4.60. The van der Waals surface area contributed by atoms with E-state index in [0.717, 1.165) is 22.7 Å². The number of benzene rings is 3. The fourth-order valence-electron chi connectivity index (χ4n) is 12.2. The monoisotopic (exact) mass is 1600 g/mol. The lowest BCUT2D eigenvalue weighted by Gasteiger charge is -2.27. The van der Waals surface area contributed by atoms with Gasteiger partial charge < -0.3 is 77.6 Å². The number of carboxylic acid groups (broad SMARTS) is 5. The first kappa shape index (κ1) is 91.8. The van der Waals surface area contributed by atoms with Crippen molar-refractivity contribution >= 4 is 115 Å². The van der Waals surface area contributed by atoms with E-state index in [1.54, 1.807) is 56.3 Å². The molecule has 34 nitrogen and oxygen atoms in total. The third-order valence-electron chi connectivity index (χ3n) is 18.5. The Balaban J connectivity index is 1.19. The molecule has 2 heterocycles. The summed E-state index contributed by atoms with van der Waals surface area (Å²) in [5, 5.41) is 66.3. The number of rotatable bonds is 50. The van der Waals surface area contributed by atoms with Crippen LogP contribution in [-0.2, 0) is 105 Å². The molecular weight excluding hydrogens is 1500 g/mol. The van der Waals surface area contributed by atoms with Gasteiger partial charge in [-0.3, -0.25) is 67.1 Å². The number of nitrogens with two attached hydrogens (primary N) is 1. The highest BCUT2D eigenvalue weighted by molar-refractivity contribution is 7.85. The van der Waals surface area contributed by atoms with E-state index in [2.05, 4.69) is 42.0 Å². The van der Waals surface area contributed by atoms with Crippen molar-refractivity contribution in [2.45, 2.75) is 195 Å². The van der Waals surface area contributed by atoms with Gasteiger partial charge in [-0.1, -0.05) is 93.9 Å². The summed E-state index contributed by atoms with van der Waals surface area (Å²) < 4.78 is 63.0. The number of carboxylic acids is 5. The first-order valence-corrected chi connectivity index (χ1v) is 38.9. The van der Waals surface area contributed by atoms with Crippen molar-refractivity contribution in [2.75, 3.05) is 44.4 Å². The van der Waals surface area contributed by atoms with Gasteiger partial charge in [0, 0.05) is 99.2 Å². The molecule has 0 spiro atoms. The smallest absolute Gasteiger partial charge is 0.303 e. The van der Waals surface area contributed by atoms with Crippen molar-refractivity contribution in [2.24, 2.45) is 21.8 Å². The Morgan fingerprint density at radius 3 is 1.78 bits per heavy atom. The third kappa shape index (κ3) is 29.4. The van der Waals surface area contributed by atoms with Gasteiger partial charge in [-0.25, -0.2) is 8.42 Å². The summed E-state index contributed by atoms with van der Waals surface area (Å²) in [4.78, 5) is 166. The Morgan fingerprint density at radius 2 is 1.17 bits per heavy atom. The standard InChI is InChI=1S/C76H100N10O24S2/c1-7-109-40-37-79-72(101)59(84-74(103)58(30-36-69(97)98)83-73(102)57(29-35-68(95)96)82-70(99)49(23-32-65(89)90)43-61(87)56(28-34-67(93)94)81-71(100)54(77)26-33-66(91)92)42-47-19-21-48(22-20-47)46(2)85-110-41-38-78-64(88)18-14-11-15-39-86-60-31-25-51(112(106,107)108)45-53(60)76(5,6)63(86)17-13-10-8-9-12-16-62-75(3,4)52-44-50(111(104)105)24-27-55(52)80-62/h8-10,12-13,16-17,19-22,24-25,27,31,44-45,49,54,56-59,111H,7,11,14-15,18,23,26,28-30,32-43,77H2,1-6H3,(H,78,88)(H,79,101)(H,81,100)(H,82,99)(H,83,102)(H,84,103)(H,89,90)(H,91,92)(H,93,94)(H,95,96)(H,97,98)(H,106,107,108)/b9-8+,13-10+,16-12+,63-17+,85-46+/t49-,54+,56+,57+,58+,59-/m0/s1. The summed E-state index contributed by atoms with van der Waals surface area (Å²) >= 11 is 0. The number of hydrogen-bond donors (Lipinski definition) is 14. The van der Waals surface area contributed by atoms with Crippen LogP contribution in [0.5, 0.6) is 0 Å². The van der Waals surface area contributed by atoms with E-state index >= 15 is 0 Å². The van der Waals surface area contributed by atoms with Crippen LogP contribution in [0.4, 0.5) is 11.4 Å². The number of anilines is 1. The number of aliphatic carboxylic acids is 5. The molecule has 112 heavy (non-hydrogen) atoms. The van der Waals surface area contributed by atoms with Crippen molar-refractivity contribution in [3.05, 3.63) is 131 Å². The summed E-state index contributed by atoms with van der Waals surface area (Å²) in [5.74, 6) is -15.2. The summed E-state index contributed by atoms with van der Waals surface area (Å²) in [6.45, 7) is 12.3. The number of unbranched alkanes of at least 4 members (excludes halogenated alkanes) is 2. The average Bonchev–Trinajstić information content (AvgIpc) is 1.60. The van der Waals surface area contributed by atoms with Crippen LogP contribution in [0.15, 0.2) is 129 Å². The molecule has 0 bridgehead atoms. The lowest BCUT2D eigenvalue weighted by Crippen LogP contribution is -2.57. The minimum absolute atomic E-state index is 0.00461. The van der Waals surface area contributed by atoms with Crippen molar-refractivity contribution in [1.29, 1.82) is 0 Å². The Labute approximate surface area is 650 Å². The van der Waals surface area contributed by atoms with Gasteiger partial charge in [0.1, 0.15) is 24.7 Å². The number of amides is 6. The van der Waals surface area contributed by atoms with Gasteiger partial charge >= 0.3 is 29.8 Å². The van der Waals surface area contributed by atoms with E-state index in [0.29, 0.717) is 60.5 Å². The van der Waals surface area contributed by atoms with Gasteiger partial charge in [-0.15, -0.1) is 0 Å². The molecule has 0 saturated carbocycles. The fourth-order valence-corrected chi connectivity index (χ4v) is 13.1. The van der Waals surface area contributed by atoms with Crippen LogP contribution in [0.25, 0.3) is 0 Å². The minimum atomic E-state index is -4.50. The van der Waals surface area contributed by atoms with E-state index in [-0.39, 0.29) is 61.3 Å². The lowest BCUT2D eigenvalue weighted by molar-refractivity contribution is -0.141. The third-order valence-corrected chi connectivity index (χ3v) is 20.0. The van der Waals surface area contributed by atoms with Crippen LogP contribution < -0.4 is 42.5 Å². The number of thiol groups is 1. The summed E-state index contributed by atoms with van der Waals surface area (Å²) in [7, 11) is -7.24. The number of carbonyl (C=O) groups excluding carboxylic acids is 7. The Kier molecular flexibility index (Phi) is 36.3. The number of Topliss-reactive ketones (excluding diaryl/α,β-unsaturated/α-hetero) is 1. The molecule has 0 aliphatic carbocycles. The molecule has 610 valence electrons. The van der Waals surface area contributed by atoms with Crippen LogP contribution in [0, 0.1) is 5.92 Å². The molecule has 0 aromatic heterocycles. The number of carbonyl (C=O) groups is 12. The van der Waals surface area contributed by atoms with Crippen LogP contribution >= 0.6 is 0 Å². The number of allylic oxidation sites excluding steroid dienone is 8. The molecule has 14 N–H and O–H groups in total. The number of hydrogen-bond acceptors (Lipinski definition) is 22. The van der Waals surface area contributed by atoms with Crippen molar-refractivity contribution in [1.82, 2.24) is 31.9 Å². The molecule has 6 amide bonds. The van der Waals surface area contributed by atoms with Crippen molar-refractivity contribution < 1.29 is 114 Å². The molecule has 5 rings (SSSR count). The van der Waals surface area contributed by atoms with Crippen molar-refractivity contribution in [3.63, 3.8) is 0 Å². The highest BCUT2D eigenvalue weighted by Gasteiger charge is 2.41. The van der Waals surface area contributed by atoms with E-state index in [1.807, 2.05) is 70.2 Å². The number of nitrogens with zero attached hydrogens (tertiary/aromatic N) is 3. The van der Waals surface area contributed by atoms with Crippen LogP contribution in [-0.4, -0.2) is 199 Å². The SMILES string of the molecule is CCOCCNC(=O)[C@H](Cc1ccc(/C(C)=N/OCCNC(=O)CCCCCN2/C(=C/C=C/C=C/C=C/C3=Nc4ccc([SH](=O)=O)cc4C3(C)C)C(C)(C)c3cc(S(=O)(=O)O)ccc32)cc1)NC(=O)[C@@H](CCC(=O)O)NC(=O)[C@@H](CCC(=O)O)NC(=O)[C@@H](CCC(=O)O)CC(=O)[C@@H](CCC(=O)O)NC(=O)[C@H](N)CCC(=O)O. The summed E-state index contributed by atoms with van der Waals surface area (Å²) in [5.41, 5.74) is 10.7. The molecular formula is C76H100N10O24S2. The molecule has 2 aliphatic rings. The van der Waals surface area contributed by atoms with Gasteiger partial charge in [0.25, 0.3) is 10.1 Å². The fraction of sp³-hybridized carbons (Fsp3) is 0.474. The van der Waals surface area contributed by atoms with Gasteiger partial charge in [0.05, 0.1) is 52.1 Å². The zero-order chi connectivity index (χ0) is 83.0. The number of nitrogens with one attached hydrogen (secondary N) is 6. The molecule has 3 aromatic carbocycles. The molecule has 0 fully saturated rings. The number of oxime groups is 1. The van der Waals surface area contributed by atoms with Crippen LogP contribution in [0.2, 0.25) is 0 Å². The minimum Gasteiger partial charge on any atom is -0.481 e. The normalized spacial score (nSPS) is 15.7. The van der Waals surface area contributed by atoms with E-state index in [4.69, 9.17) is 25.4 Å². The number of ketones is 1. The molecule has 6 atom stereocenters. The quantitative estimate of drug-likeness (QED) is 0.00917. The number of fused-ring (bicyclic) bond motifs is 2. The maximum atomic E-state index is 14.3. The largest absolute Gasteiger partial charge is 0.481 e. The second-order valence-electron chi connectivity index (χ2n) is 27.6. The summed E-state index contributed by atoms with van der Waals surface area (Å²) in [6, 6.07) is 7.81. The summed E-state index contributed by atoms with van der Waals surface area (Å²) in [6.07, 6.45) is 7.73. The zero-order valence-electron chi connectivity index (χ0n) is 63.1. The number of aliphatic imine (C=N–C) groups is 1. The second-order valence-corrected chi connectivity index (χ2v) is 30.1. The van der Waals surface area contributed by atoms with E-state index in [9.17, 15) is 99.3 Å². The van der Waals surface area contributed by atoms with E-state index < -0.39 is 197 Å². The predicted molar refractivity (Wildman–Crippen MR) is 410 cm³/mol. The highest BCUT2D eigenvalue weighted by Crippen LogP contribution is 2.49. The van der Waals surface area contributed by atoms with Gasteiger partial charge in [0.2, 0.25) is 35.4 Å². The Hall–Kier alpha value is -10.8. The van der Waals surface area contributed by atoms with Gasteiger partial charge in [-0.05, 0) is 130 Å². The maximum absolute atomic E-state index is 14.3. The van der Waals surface area contributed by atoms with E-state index in [1.165, 1.54) is 18.2 Å². The van der Waals surface area contributed by atoms with Crippen LogP contribution in [0.1, 0.15) is 160 Å². The lowest BCUT2D eigenvalue weighted by atomic mass is 9.81. The Bertz CT molecular complexity index is 4310. The van der Waals surface area contributed by atoms with Gasteiger partial charge in [-0.2, -0.15) is 8.42 Å². The second kappa shape index (κ2) is 44.3. The molecule has 0 unspecified atom stereocenters. The number of ether oxygens (including phenoxy) is 1.